The second-order valence-electron chi connectivity index (χ2n) is 3.44. The number of aliphatic hydroxyl groups excluding tert-OH is 1. The van der Waals surface area contributed by atoms with E-state index in [9.17, 15) is 0 Å². The van der Waals surface area contributed by atoms with Crippen LogP contribution in [-0.2, 0) is 0 Å². The number of halogens is 1. The zero-order valence-corrected chi connectivity index (χ0v) is 11.8. The van der Waals surface area contributed by atoms with Crippen molar-refractivity contribution in [2.24, 2.45) is 0 Å². The third kappa shape index (κ3) is 5.18. The zero-order chi connectivity index (χ0) is 11.8. The smallest absolute Gasteiger partial charge is 0.128 e. The third-order valence-corrected chi connectivity index (χ3v) is 3.53. The lowest BCUT2D eigenvalue weighted by Crippen LogP contribution is -2.07. The van der Waals surface area contributed by atoms with Gasteiger partial charge in [-0.05, 0) is 46.7 Å². The van der Waals surface area contributed by atoms with Gasteiger partial charge < -0.3 is 10.4 Å². The predicted molar refractivity (Wildman–Crippen MR) is 74.2 cm³/mol. The van der Waals surface area contributed by atoms with Crippen molar-refractivity contribution in [3.05, 3.63) is 22.3 Å². The predicted octanol–water partition coefficient (Wildman–Crippen LogP) is 2.68. The van der Waals surface area contributed by atoms with Gasteiger partial charge in [0.15, 0.2) is 0 Å². The van der Waals surface area contributed by atoms with Crippen LogP contribution >= 0.6 is 27.7 Å². The number of aliphatic hydroxyl groups is 1. The van der Waals surface area contributed by atoms with Crippen LogP contribution in [0.15, 0.2) is 16.7 Å². The maximum absolute atomic E-state index is 8.62. The van der Waals surface area contributed by atoms with Crippen LogP contribution < -0.4 is 5.32 Å². The van der Waals surface area contributed by atoms with Crippen molar-refractivity contribution < 1.29 is 5.11 Å². The van der Waals surface area contributed by atoms with Crippen LogP contribution in [-0.4, -0.2) is 34.7 Å². The minimum atomic E-state index is 0.286. The number of anilines is 1. The first-order valence-electron chi connectivity index (χ1n) is 5.28. The molecule has 1 heterocycles. The average Bonchev–Trinajstić information content (AvgIpc) is 2.26. The van der Waals surface area contributed by atoms with Crippen LogP contribution in [0, 0.1) is 6.92 Å². The molecule has 0 saturated heterocycles. The quantitative estimate of drug-likeness (QED) is 0.760. The summed E-state index contributed by atoms with van der Waals surface area (Å²) in [4.78, 5) is 4.30. The highest BCUT2D eigenvalue weighted by molar-refractivity contribution is 9.10. The topological polar surface area (TPSA) is 45.2 Å². The highest BCUT2D eigenvalue weighted by atomic mass is 79.9. The number of nitrogens with one attached hydrogen (secondary N) is 1. The molecule has 0 aliphatic carbocycles. The largest absolute Gasteiger partial charge is 0.396 e. The Bertz CT molecular complexity index is 323. The Morgan fingerprint density at radius 2 is 2.31 bits per heavy atom. The van der Waals surface area contributed by atoms with Gasteiger partial charge in [0.25, 0.3) is 0 Å². The van der Waals surface area contributed by atoms with Gasteiger partial charge in [-0.3, -0.25) is 0 Å². The molecule has 0 fully saturated rings. The SMILES string of the molecule is Cc1cc(Br)cnc1NCCSCCCO. The van der Waals surface area contributed by atoms with Gasteiger partial charge in [-0.2, -0.15) is 11.8 Å². The summed E-state index contributed by atoms with van der Waals surface area (Å²) in [6.45, 7) is 3.23. The fourth-order valence-corrected chi connectivity index (χ4v) is 2.47. The van der Waals surface area contributed by atoms with Crippen molar-refractivity contribution in [3.8, 4) is 0 Å². The molecule has 0 saturated carbocycles. The first-order valence-corrected chi connectivity index (χ1v) is 7.23. The number of aromatic nitrogens is 1. The molecule has 90 valence electrons. The van der Waals surface area contributed by atoms with Gasteiger partial charge >= 0.3 is 0 Å². The van der Waals surface area contributed by atoms with Crippen LogP contribution in [0.25, 0.3) is 0 Å². The monoisotopic (exact) mass is 304 g/mol. The standard InChI is InChI=1S/C11H17BrN2OS/c1-9-7-10(12)8-14-11(9)13-3-6-16-5-2-4-15/h7-8,15H,2-6H2,1H3,(H,13,14). The summed E-state index contributed by atoms with van der Waals surface area (Å²) in [5.74, 6) is 3.01. The van der Waals surface area contributed by atoms with E-state index in [1.807, 2.05) is 24.8 Å². The summed E-state index contributed by atoms with van der Waals surface area (Å²) in [6.07, 6.45) is 2.68. The van der Waals surface area contributed by atoms with E-state index in [4.69, 9.17) is 5.11 Å². The van der Waals surface area contributed by atoms with Gasteiger partial charge in [-0.1, -0.05) is 0 Å². The molecule has 0 amide bonds. The molecule has 16 heavy (non-hydrogen) atoms. The molecule has 0 bridgehead atoms. The lowest BCUT2D eigenvalue weighted by Gasteiger charge is -2.08. The normalized spacial score (nSPS) is 10.4. The zero-order valence-electron chi connectivity index (χ0n) is 9.37. The molecular weight excluding hydrogens is 288 g/mol. The Kier molecular flexibility index (Phi) is 6.84. The first-order chi connectivity index (χ1) is 7.74. The van der Waals surface area contributed by atoms with Crippen molar-refractivity contribution in [2.75, 3.05) is 30.0 Å². The van der Waals surface area contributed by atoms with Crippen LogP contribution in [0.4, 0.5) is 5.82 Å². The van der Waals surface area contributed by atoms with E-state index in [0.29, 0.717) is 0 Å². The van der Waals surface area contributed by atoms with E-state index in [0.717, 1.165) is 40.3 Å². The maximum Gasteiger partial charge on any atom is 0.128 e. The molecule has 1 aromatic heterocycles. The van der Waals surface area contributed by atoms with Gasteiger partial charge in [-0.25, -0.2) is 4.98 Å². The fourth-order valence-electron chi connectivity index (χ4n) is 1.24. The summed E-state index contributed by atoms with van der Waals surface area (Å²) in [7, 11) is 0. The minimum absolute atomic E-state index is 0.286. The highest BCUT2D eigenvalue weighted by Gasteiger charge is 1.99. The van der Waals surface area contributed by atoms with E-state index in [1.165, 1.54) is 0 Å². The Balaban J connectivity index is 2.21. The maximum atomic E-state index is 8.62. The number of rotatable bonds is 7. The third-order valence-electron chi connectivity index (χ3n) is 2.03. The molecular formula is C11H17BrN2OS. The van der Waals surface area contributed by atoms with Crippen molar-refractivity contribution >= 4 is 33.5 Å². The lowest BCUT2D eigenvalue weighted by atomic mass is 10.3. The molecule has 0 unspecified atom stereocenters. The first kappa shape index (κ1) is 13.8. The fraction of sp³-hybridized carbons (Fsp3) is 0.545. The van der Waals surface area contributed by atoms with Gasteiger partial charge in [0, 0.05) is 29.6 Å². The number of aryl methyl sites for hydroxylation is 1. The van der Waals surface area contributed by atoms with Crippen LogP contribution in [0.3, 0.4) is 0 Å². The molecule has 1 rings (SSSR count). The van der Waals surface area contributed by atoms with Crippen molar-refractivity contribution in [1.82, 2.24) is 4.98 Å². The molecule has 0 aliphatic rings. The van der Waals surface area contributed by atoms with Crippen LogP contribution in [0.1, 0.15) is 12.0 Å². The Labute approximate surface area is 109 Å². The van der Waals surface area contributed by atoms with E-state index < -0.39 is 0 Å². The molecule has 5 heteroatoms. The second-order valence-corrected chi connectivity index (χ2v) is 5.58. The summed E-state index contributed by atoms with van der Waals surface area (Å²) in [5.41, 5.74) is 1.15. The Morgan fingerprint density at radius 1 is 1.50 bits per heavy atom. The van der Waals surface area contributed by atoms with Gasteiger partial charge in [0.05, 0.1) is 0 Å². The van der Waals surface area contributed by atoms with E-state index in [-0.39, 0.29) is 6.61 Å². The molecule has 0 spiro atoms. The number of hydrogen-bond acceptors (Lipinski definition) is 4. The minimum Gasteiger partial charge on any atom is -0.396 e. The van der Waals surface area contributed by atoms with Crippen LogP contribution in [0.2, 0.25) is 0 Å². The van der Waals surface area contributed by atoms with E-state index >= 15 is 0 Å². The van der Waals surface area contributed by atoms with Crippen molar-refractivity contribution in [1.29, 1.82) is 0 Å². The molecule has 0 aromatic carbocycles. The van der Waals surface area contributed by atoms with Gasteiger partial charge in [-0.15, -0.1) is 0 Å². The van der Waals surface area contributed by atoms with Gasteiger partial charge in [0.2, 0.25) is 0 Å². The van der Waals surface area contributed by atoms with E-state index in [1.54, 1.807) is 6.20 Å². The summed E-state index contributed by atoms with van der Waals surface area (Å²) < 4.78 is 1.01. The highest BCUT2D eigenvalue weighted by Crippen LogP contribution is 2.16. The number of thioether (sulfide) groups is 1. The molecule has 0 radical (unpaired) electrons. The number of pyridine rings is 1. The molecule has 0 atom stereocenters. The molecule has 2 N–H and O–H groups in total. The van der Waals surface area contributed by atoms with E-state index in [2.05, 4.69) is 26.2 Å². The van der Waals surface area contributed by atoms with Crippen molar-refractivity contribution in [2.45, 2.75) is 13.3 Å². The number of nitrogens with zero attached hydrogens (tertiary/aromatic N) is 1. The summed E-state index contributed by atoms with van der Waals surface area (Å²) in [6, 6.07) is 2.05. The summed E-state index contributed by atoms with van der Waals surface area (Å²) >= 11 is 5.24. The lowest BCUT2D eigenvalue weighted by molar-refractivity contribution is 0.296. The van der Waals surface area contributed by atoms with Gasteiger partial charge in [0.1, 0.15) is 5.82 Å². The average molecular weight is 305 g/mol. The summed E-state index contributed by atoms with van der Waals surface area (Å²) in [5, 5.41) is 11.9. The number of hydrogen-bond donors (Lipinski definition) is 2. The Morgan fingerprint density at radius 3 is 3.00 bits per heavy atom. The van der Waals surface area contributed by atoms with Crippen LogP contribution in [0.5, 0.6) is 0 Å². The molecule has 1 aromatic rings. The molecule has 0 aliphatic heterocycles. The van der Waals surface area contributed by atoms with Crippen molar-refractivity contribution in [3.63, 3.8) is 0 Å². The Hall–Kier alpha value is -0.260. The molecule has 3 nitrogen and oxygen atoms in total. The second kappa shape index (κ2) is 7.92.